The molecule has 4 rings (SSSR count). The monoisotopic (exact) mass is 464 g/mol. The van der Waals surface area contributed by atoms with Crippen LogP contribution in [0.4, 0.5) is 0 Å². The molecular formula is C29H40N2O3. The van der Waals surface area contributed by atoms with Crippen LogP contribution in [0.5, 0.6) is 11.5 Å². The highest BCUT2D eigenvalue weighted by molar-refractivity contribution is 5.79. The molecule has 34 heavy (non-hydrogen) atoms. The molecule has 1 saturated heterocycles. The number of benzene rings is 2. The third-order valence-corrected chi connectivity index (χ3v) is 6.87. The van der Waals surface area contributed by atoms with Gasteiger partial charge < -0.3 is 14.4 Å². The lowest BCUT2D eigenvalue weighted by Gasteiger charge is -2.36. The Hall–Kier alpha value is -2.53. The van der Waals surface area contributed by atoms with E-state index >= 15 is 0 Å². The van der Waals surface area contributed by atoms with Crippen LogP contribution in [0.2, 0.25) is 0 Å². The third kappa shape index (κ3) is 6.12. The Bertz CT molecular complexity index is 987. The third-order valence-electron chi connectivity index (χ3n) is 6.87. The molecule has 184 valence electrons. The van der Waals surface area contributed by atoms with E-state index in [4.69, 9.17) is 9.47 Å². The molecule has 1 fully saturated rings. The van der Waals surface area contributed by atoms with Crippen LogP contribution >= 0.6 is 0 Å². The Morgan fingerprint density at radius 1 is 1.09 bits per heavy atom. The molecule has 2 aromatic rings. The molecule has 1 unspecified atom stereocenters. The molecule has 5 heteroatoms. The zero-order chi connectivity index (χ0) is 24.1. The first-order valence-electron chi connectivity index (χ1n) is 12.9. The average Bonchev–Trinajstić information content (AvgIpc) is 3.06. The minimum absolute atomic E-state index is 0.0537. The van der Waals surface area contributed by atoms with Crippen LogP contribution in [0.3, 0.4) is 0 Å². The fourth-order valence-electron chi connectivity index (χ4n) is 5.19. The van der Waals surface area contributed by atoms with Gasteiger partial charge in [0, 0.05) is 32.6 Å². The van der Waals surface area contributed by atoms with Crippen molar-refractivity contribution in [3.8, 4) is 11.5 Å². The highest BCUT2D eigenvalue weighted by Gasteiger charge is 2.30. The molecule has 0 aromatic heterocycles. The second-order valence-corrected chi connectivity index (χ2v) is 10.4. The van der Waals surface area contributed by atoms with Crippen LogP contribution in [0.1, 0.15) is 55.4 Å². The summed E-state index contributed by atoms with van der Waals surface area (Å²) >= 11 is 0. The molecule has 0 radical (unpaired) electrons. The number of likely N-dealkylation sites (tertiary alicyclic amines) is 1. The molecule has 0 saturated carbocycles. The van der Waals surface area contributed by atoms with E-state index in [9.17, 15) is 4.79 Å². The normalized spacial score (nSPS) is 18.6. The Morgan fingerprint density at radius 2 is 1.88 bits per heavy atom. The Morgan fingerprint density at radius 3 is 2.68 bits per heavy atom. The number of carbonyl (C=O) groups is 1. The van der Waals surface area contributed by atoms with Gasteiger partial charge in [-0.1, -0.05) is 44.2 Å². The molecule has 2 aliphatic rings. The Labute approximate surface area is 205 Å². The van der Waals surface area contributed by atoms with Gasteiger partial charge in [-0.2, -0.15) is 0 Å². The van der Waals surface area contributed by atoms with E-state index in [1.807, 2.05) is 0 Å². The van der Waals surface area contributed by atoms with Crippen LogP contribution < -0.4 is 9.47 Å². The van der Waals surface area contributed by atoms with Gasteiger partial charge in [0.05, 0.1) is 19.1 Å². The van der Waals surface area contributed by atoms with Crippen LogP contribution in [0, 0.1) is 25.7 Å². The van der Waals surface area contributed by atoms with Crippen molar-refractivity contribution in [3.05, 3.63) is 58.7 Å². The van der Waals surface area contributed by atoms with Crippen molar-refractivity contribution in [1.29, 1.82) is 0 Å². The van der Waals surface area contributed by atoms with E-state index in [0.717, 1.165) is 68.1 Å². The molecule has 2 aromatic carbocycles. The van der Waals surface area contributed by atoms with Crippen molar-refractivity contribution in [1.82, 2.24) is 9.80 Å². The highest BCUT2D eigenvalue weighted by Crippen LogP contribution is 2.35. The van der Waals surface area contributed by atoms with Gasteiger partial charge in [-0.25, -0.2) is 0 Å². The smallest absolute Gasteiger partial charge is 0.227 e. The summed E-state index contributed by atoms with van der Waals surface area (Å²) in [4.78, 5) is 18.3. The second kappa shape index (κ2) is 11.3. The topological polar surface area (TPSA) is 42.0 Å². The minimum atomic E-state index is 0.0537. The number of carbonyl (C=O) groups excluding carboxylic acids is 1. The van der Waals surface area contributed by atoms with Crippen LogP contribution in [-0.2, 0) is 17.9 Å². The molecule has 2 heterocycles. The molecule has 0 aliphatic carbocycles. The lowest BCUT2D eigenvalue weighted by molar-refractivity contribution is -0.138. The predicted molar refractivity (Wildman–Crippen MR) is 136 cm³/mol. The summed E-state index contributed by atoms with van der Waals surface area (Å²) in [6.45, 7) is 14.2. The van der Waals surface area contributed by atoms with E-state index in [0.29, 0.717) is 25.7 Å². The Kier molecular flexibility index (Phi) is 8.15. The SMILES string of the molecule is Cc1ccccc1CN1CCCC(C(=O)N(Cc2cc(C)c3c(c2)OCCCO3)CC(C)C)C1. The molecular weight excluding hydrogens is 424 g/mol. The van der Waals surface area contributed by atoms with Crippen molar-refractivity contribution in [2.75, 3.05) is 32.8 Å². The van der Waals surface area contributed by atoms with E-state index in [2.05, 4.69) is 73.9 Å². The molecule has 0 bridgehead atoms. The zero-order valence-electron chi connectivity index (χ0n) is 21.3. The summed E-state index contributed by atoms with van der Waals surface area (Å²) in [7, 11) is 0. The fraction of sp³-hybridized carbons (Fsp3) is 0.552. The van der Waals surface area contributed by atoms with Crippen molar-refractivity contribution >= 4 is 5.91 Å². The summed E-state index contributed by atoms with van der Waals surface area (Å²) in [5.41, 5.74) is 4.87. The molecule has 0 N–H and O–H groups in total. The molecule has 1 atom stereocenters. The van der Waals surface area contributed by atoms with Crippen LogP contribution in [0.15, 0.2) is 36.4 Å². The maximum absolute atomic E-state index is 13.8. The maximum Gasteiger partial charge on any atom is 0.227 e. The van der Waals surface area contributed by atoms with Gasteiger partial charge in [0.2, 0.25) is 5.91 Å². The number of nitrogens with zero attached hydrogens (tertiary/aromatic N) is 2. The standard InChI is InChI=1S/C29H40N2O3/c1-21(2)17-31(18-24-15-23(4)28-27(16-24)33-13-8-14-34-28)29(32)26-11-7-12-30(20-26)19-25-10-6-5-9-22(25)3/h5-6,9-10,15-16,21,26H,7-8,11-14,17-20H2,1-4H3. The first-order valence-corrected chi connectivity index (χ1v) is 12.9. The quantitative estimate of drug-likeness (QED) is 0.553. The lowest BCUT2D eigenvalue weighted by Crippen LogP contribution is -2.45. The maximum atomic E-state index is 13.8. The van der Waals surface area contributed by atoms with Gasteiger partial charge in [0.15, 0.2) is 11.5 Å². The first kappa shape index (κ1) is 24.6. The van der Waals surface area contributed by atoms with Crippen molar-refractivity contribution < 1.29 is 14.3 Å². The minimum Gasteiger partial charge on any atom is -0.490 e. The number of rotatable bonds is 7. The van der Waals surface area contributed by atoms with E-state index in [1.54, 1.807) is 0 Å². The van der Waals surface area contributed by atoms with Gasteiger partial charge in [-0.15, -0.1) is 0 Å². The summed E-state index contributed by atoms with van der Waals surface area (Å²) in [5, 5.41) is 0. The van der Waals surface area contributed by atoms with Gasteiger partial charge in [0.1, 0.15) is 0 Å². The van der Waals surface area contributed by atoms with E-state index < -0.39 is 0 Å². The number of ether oxygens (including phenoxy) is 2. The summed E-state index contributed by atoms with van der Waals surface area (Å²) in [6.07, 6.45) is 2.93. The van der Waals surface area contributed by atoms with Crippen LogP contribution in [-0.4, -0.2) is 48.6 Å². The summed E-state index contributed by atoms with van der Waals surface area (Å²) in [6, 6.07) is 12.8. The number of fused-ring (bicyclic) bond motifs is 1. The van der Waals surface area contributed by atoms with Crippen LogP contribution in [0.25, 0.3) is 0 Å². The largest absolute Gasteiger partial charge is 0.490 e. The van der Waals surface area contributed by atoms with Gasteiger partial charge in [-0.3, -0.25) is 9.69 Å². The molecule has 2 aliphatic heterocycles. The van der Waals surface area contributed by atoms with Gasteiger partial charge in [-0.05, 0) is 67.5 Å². The van der Waals surface area contributed by atoms with Gasteiger partial charge in [0.25, 0.3) is 0 Å². The first-order chi connectivity index (χ1) is 16.4. The fourth-order valence-corrected chi connectivity index (χ4v) is 5.19. The number of hydrogen-bond donors (Lipinski definition) is 0. The molecule has 1 amide bonds. The lowest BCUT2D eigenvalue weighted by atomic mass is 9.95. The summed E-state index contributed by atoms with van der Waals surface area (Å²) in [5.74, 6) is 2.41. The number of hydrogen-bond acceptors (Lipinski definition) is 4. The number of piperidine rings is 1. The molecule has 5 nitrogen and oxygen atoms in total. The summed E-state index contributed by atoms with van der Waals surface area (Å²) < 4.78 is 11.9. The van der Waals surface area contributed by atoms with Crippen molar-refractivity contribution in [3.63, 3.8) is 0 Å². The van der Waals surface area contributed by atoms with Crippen molar-refractivity contribution in [2.45, 2.75) is 60.0 Å². The Balaban J connectivity index is 1.47. The number of amides is 1. The van der Waals surface area contributed by atoms with Gasteiger partial charge >= 0.3 is 0 Å². The van der Waals surface area contributed by atoms with E-state index in [1.165, 1.54) is 11.1 Å². The average molecular weight is 465 g/mol. The highest BCUT2D eigenvalue weighted by atomic mass is 16.5. The number of aryl methyl sites for hydroxylation is 2. The zero-order valence-corrected chi connectivity index (χ0v) is 21.3. The van der Waals surface area contributed by atoms with Crippen molar-refractivity contribution in [2.24, 2.45) is 11.8 Å². The second-order valence-electron chi connectivity index (χ2n) is 10.4. The predicted octanol–water partition coefficient (Wildman–Crippen LogP) is 5.36. The molecule has 0 spiro atoms. The van der Waals surface area contributed by atoms with E-state index in [-0.39, 0.29) is 11.8 Å².